The molecule has 1 aliphatic carbocycles. The summed E-state index contributed by atoms with van der Waals surface area (Å²) in [6, 6.07) is 54.9. The highest BCUT2D eigenvalue weighted by Crippen LogP contribution is 2.52. The molecule has 0 bridgehead atoms. The molecule has 0 unspecified atom stereocenters. The van der Waals surface area contributed by atoms with Crippen molar-refractivity contribution in [3.8, 4) is 33.4 Å². The lowest BCUT2D eigenvalue weighted by Crippen LogP contribution is -2.10. The summed E-state index contributed by atoms with van der Waals surface area (Å²) in [5.74, 6) is 0. The van der Waals surface area contributed by atoms with Crippen molar-refractivity contribution < 1.29 is 0 Å². The van der Waals surface area contributed by atoms with Crippen molar-refractivity contribution in [2.45, 2.75) is 0 Å². The highest BCUT2D eigenvalue weighted by molar-refractivity contribution is 6.14. The van der Waals surface area contributed by atoms with Gasteiger partial charge in [0.1, 0.15) is 0 Å². The fraction of sp³-hybridized carbons (Fsp3) is 0. The van der Waals surface area contributed by atoms with E-state index in [9.17, 15) is 0 Å². The van der Waals surface area contributed by atoms with Crippen LogP contribution in [0, 0.1) is 0 Å². The molecule has 0 atom stereocenters. The third-order valence-electron chi connectivity index (χ3n) is 7.93. The zero-order valence-corrected chi connectivity index (χ0v) is 21.4. The predicted molar refractivity (Wildman–Crippen MR) is 166 cm³/mol. The molecule has 0 fully saturated rings. The molecular weight excluding hydrogens is 470 g/mol. The summed E-state index contributed by atoms with van der Waals surface area (Å²) >= 11 is 0. The Kier molecular flexibility index (Phi) is 4.89. The first-order valence-electron chi connectivity index (χ1n) is 13.4. The van der Waals surface area contributed by atoms with Crippen molar-refractivity contribution in [2.75, 3.05) is 4.90 Å². The highest BCUT2D eigenvalue weighted by Gasteiger charge is 2.25. The fourth-order valence-electron chi connectivity index (χ4n) is 6.02. The maximum absolute atomic E-state index is 2.40. The number of fused-ring (bicyclic) bond motifs is 6. The third kappa shape index (κ3) is 3.55. The quantitative estimate of drug-likeness (QED) is 0.235. The number of nitrogens with zero attached hydrogens (tertiary/aromatic N) is 1. The maximum atomic E-state index is 2.40. The molecule has 0 aliphatic heterocycles. The summed E-state index contributed by atoms with van der Waals surface area (Å²) < 4.78 is 0. The van der Waals surface area contributed by atoms with Gasteiger partial charge in [-0.1, -0.05) is 91.0 Å². The van der Waals surface area contributed by atoms with Crippen molar-refractivity contribution in [1.82, 2.24) is 0 Å². The van der Waals surface area contributed by atoms with Crippen LogP contribution < -0.4 is 4.90 Å². The molecule has 7 aromatic carbocycles. The van der Waals surface area contributed by atoms with Crippen LogP contribution in [-0.4, -0.2) is 0 Å². The summed E-state index contributed by atoms with van der Waals surface area (Å²) in [6.45, 7) is 0. The second kappa shape index (κ2) is 8.72. The minimum absolute atomic E-state index is 1.15. The molecule has 0 spiro atoms. The Bertz CT molecular complexity index is 1950. The van der Waals surface area contributed by atoms with Gasteiger partial charge in [-0.05, 0) is 110 Å². The Labute approximate surface area is 228 Å². The Hall–Kier alpha value is -5.14. The van der Waals surface area contributed by atoms with Crippen LogP contribution >= 0.6 is 0 Å². The van der Waals surface area contributed by atoms with Crippen molar-refractivity contribution in [3.63, 3.8) is 0 Å². The summed E-state index contributed by atoms with van der Waals surface area (Å²) in [4.78, 5) is 2.36. The second-order valence-corrected chi connectivity index (χ2v) is 10.2. The van der Waals surface area contributed by atoms with Gasteiger partial charge < -0.3 is 4.90 Å². The number of hydrogen-bond donors (Lipinski definition) is 0. The zero-order valence-electron chi connectivity index (χ0n) is 21.4. The van der Waals surface area contributed by atoms with Crippen LogP contribution in [-0.2, 0) is 0 Å². The molecule has 0 aromatic heterocycles. The lowest BCUT2D eigenvalue weighted by molar-refractivity contribution is 1.30. The Morgan fingerprint density at radius 2 is 0.897 bits per heavy atom. The lowest BCUT2D eigenvalue weighted by atomic mass is 9.77. The molecule has 0 heterocycles. The minimum Gasteiger partial charge on any atom is -0.310 e. The van der Waals surface area contributed by atoms with Gasteiger partial charge in [-0.2, -0.15) is 0 Å². The molecule has 182 valence electrons. The summed E-state index contributed by atoms with van der Waals surface area (Å²) in [5.41, 5.74) is 11.4. The van der Waals surface area contributed by atoms with Gasteiger partial charge in [-0.3, -0.25) is 0 Å². The molecule has 1 heteroatoms. The lowest BCUT2D eigenvalue weighted by Gasteiger charge is -2.29. The van der Waals surface area contributed by atoms with Crippen LogP contribution in [0.1, 0.15) is 0 Å². The number of rotatable bonds is 4. The number of benzene rings is 7. The summed E-state index contributed by atoms with van der Waals surface area (Å²) in [7, 11) is 0. The fourth-order valence-corrected chi connectivity index (χ4v) is 6.02. The molecule has 0 amide bonds. The Morgan fingerprint density at radius 3 is 1.56 bits per heavy atom. The number of anilines is 3. The molecule has 1 aliphatic rings. The van der Waals surface area contributed by atoms with Crippen LogP contribution in [0.2, 0.25) is 0 Å². The zero-order chi connectivity index (χ0) is 25.8. The van der Waals surface area contributed by atoms with E-state index in [2.05, 4.69) is 157 Å². The van der Waals surface area contributed by atoms with E-state index in [-0.39, 0.29) is 0 Å². The van der Waals surface area contributed by atoms with Crippen molar-refractivity contribution in [3.05, 3.63) is 152 Å². The number of para-hydroxylation sites is 2. The molecule has 0 saturated carbocycles. The van der Waals surface area contributed by atoms with E-state index in [4.69, 9.17) is 0 Å². The monoisotopic (exact) mass is 495 g/mol. The third-order valence-corrected chi connectivity index (χ3v) is 7.93. The second-order valence-electron chi connectivity index (χ2n) is 10.2. The Balaban J connectivity index is 1.29. The standard InChI is InChI=1S/C38H25N/c1-4-11-26(12-5-1)27-19-20-28-22-34-35-23-29-13-10-18-38(33(29)25-37(35)36(34)24-30(28)21-27)39(31-14-6-2-7-15-31)32-16-8-3-9-17-32/h1-25H. The van der Waals surface area contributed by atoms with Gasteiger partial charge >= 0.3 is 0 Å². The summed E-state index contributed by atoms with van der Waals surface area (Å²) in [6.07, 6.45) is 0. The van der Waals surface area contributed by atoms with Gasteiger partial charge in [-0.15, -0.1) is 0 Å². The average molecular weight is 496 g/mol. The molecule has 0 radical (unpaired) electrons. The van der Waals surface area contributed by atoms with Gasteiger partial charge in [0, 0.05) is 16.8 Å². The van der Waals surface area contributed by atoms with Crippen LogP contribution in [0.4, 0.5) is 17.1 Å². The van der Waals surface area contributed by atoms with E-state index in [1.165, 1.54) is 60.6 Å². The van der Waals surface area contributed by atoms with E-state index in [1.807, 2.05) is 0 Å². The van der Waals surface area contributed by atoms with Crippen molar-refractivity contribution >= 4 is 38.6 Å². The van der Waals surface area contributed by atoms with E-state index in [0.29, 0.717) is 0 Å². The summed E-state index contributed by atoms with van der Waals surface area (Å²) in [5, 5.41) is 5.08. The minimum atomic E-state index is 1.15. The van der Waals surface area contributed by atoms with Gasteiger partial charge in [0.2, 0.25) is 0 Å². The predicted octanol–water partition coefficient (Wildman–Crippen LogP) is 10.8. The number of hydrogen-bond acceptors (Lipinski definition) is 1. The first kappa shape index (κ1) is 21.9. The van der Waals surface area contributed by atoms with Crippen LogP contribution in [0.3, 0.4) is 0 Å². The van der Waals surface area contributed by atoms with Gasteiger partial charge in [0.15, 0.2) is 0 Å². The first-order chi connectivity index (χ1) is 19.3. The molecule has 39 heavy (non-hydrogen) atoms. The Morgan fingerprint density at radius 1 is 0.333 bits per heavy atom. The topological polar surface area (TPSA) is 3.24 Å². The smallest absolute Gasteiger partial charge is 0.0540 e. The molecular formula is C38H25N. The first-order valence-corrected chi connectivity index (χ1v) is 13.4. The molecule has 7 aromatic rings. The van der Waals surface area contributed by atoms with Crippen LogP contribution in [0.25, 0.3) is 54.9 Å². The largest absolute Gasteiger partial charge is 0.310 e. The molecule has 8 rings (SSSR count). The average Bonchev–Trinajstić information content (AvgIpc) is 3.01. The molecule has 1 nitrogen and oxygen atoms in total. The highest BCUT2D eigenvalue weighted by atomic mass is 15.1. The van der Waals surface area contributed by atoms with Gasteiger partial charge in [0.05, 0.1) is 5.69 Å². The van der Waals surface area contributed by atoms with E-state index < -0.39 is 0 Å². The molecule has 0 saturated heterocycles. The molecule has 0 N–H and O–H groups in total. The normalized spacial score (nSPS) is 11.6. The van der Waals surface area contributed by atoms with Crippen molar-refractivity contribution in [1.29, 1.82) is 0 Å². The van der Waals surface area contributed by atoms with E-state index in [0.717, 1.165) is 11.4 Å². The van der Waals surface area contributed by atoms with Crippen molar-refractivity contribution in [2.24, 2.45) is 0 Å². The van der Waals surface area contributed by atoms with Crippen LogP contribution in [0.5, 0.6) is 0 Å². The van der Waals surface area contributed by atoms with Crippen LogP contribution in [0.15, 0.2) is 152 Å². The SMILES string of the molecule is c1ccc(-c2ccc3cc4c(cc3c2)-c2cc3c(N(c5ccccc5)c5ccccc5)cccc3cc2-4)cc1. The van der Waals surface area contributed by atoms with E-state index in [1.54, 1.807) is 0 Å². The van der Waals surface area contributed by atoms with Gasteiger partial charge in [0.25, 0.3) is 0 Å². The van der Waals surface area contributed by atoms with Gasteiger partial charge in [-0.25, -0.2) is 0 Å². The van der Waals surface area contributed by atoms with E-state index >= 15 is 0 Å². The maximum Gasteiger partial charge on any atom is 0.0540 e.